The van der Waals surface area contributed by atoms with Gasteiger partial charge in [0.1, 0.15) is 17.3 Å². The molecule has 1 N–H and O–H groups in total. The summed E-state index contributed by atoms with van der Waals surface area (Å²) in [6, 6.07) is 18.5. The summed E-state index contributed by atoms with van der Waals surface area (Å²) >= 11 is 0. The average molecular weight is 328 g/mol. The first-order valence-electron chi connectivity index (χ1n) is 7.96. The van der Waals surface area contributed by atoms with Crippen LogP contribution in [0.1, 0.15) is 0 Å². The zero-order valence-corrected chi connectivity index (χ0v) is 13.1. The Balaban J connectivity index is 1.61. The molecule has 3 heterocycles. The molecule has 2 aromatic carbocycles. The predicted octanol–water partition coefficient (Wildman–Crippen LogP) is 4.68. The van der Waals surface area contributed by atoms with Crippen molar-refractivity contribution in [3.8, 4) is 22.6 Å². The van der Waals surface area contributed by atoms with E-state index in [0.29, 0.717) is 11.3 Å². The highest BCUT2D eigenvalue weighted by Crippen LogP contribution is 2.26. The van der Waals surface area contributed by atoms with Crippen molar-refractivity contribution in [2.75, 3.05) is 0 Å². The van der Waals surface area contributed by atoms with Crippen LogP contribution in [0.25, 0.3) is 39.3 Å². The smallest absolute Gasteiger partial charge is 0.138 e. The van der Waals surface area contributed by atoms with Crippen molar-refractivity contribution in [3.63, 3.8) is 0 Å². The van der Waals surface area contributed by atoms with E-state index in [0.717, 1.165) is 28.0 Å². The van der Waals surface area contributed by atoms with E-state index < -0.39 is 0 Å². The van der Waals surface area contributed by atoms with E-state index in [1.165, 1.54) is 12.1 Å². The van der Waals surface area contributed by atoms with Gasteiger partial charge in [-0.2, -0.15) is 0 Å². The molecule has 0 amide bonds. The molecule has 25 heavy (non-hydrogen) atoms. The van der Waals surface area contributed by atoms with Gasteiger partial charge >= 0.3 is 0 Å². The van der Waals surface area contributed by atoms with Gasteiger partial charge in [-0.15, -0.1) is 0 Å². The van der Waals surface area contributed by atoms with Gasteiger partial charge in [-0.1, -0.05) is 24.3 Å². The Morgan fingerprint density at radius 3 is 2.72 bits per heavy atom. The third-order valence-corrected chi connectivity index (χ3v) is 4.24. The summed E-state index contributed by atoms with van der Waals surface area (Å²) < 4.78 is 15.4. The minimum Gasteiger partial charge on any atom is -0.338 e. The second-order valence-electron chi connectivity index (χ2n) is 5.92. The van der Waals surface area contributed by atoms with Crippen molar-refractivity contribution < 1.29 is 4.39 Å². The number of pyridine rings is 1. The predicted molar refractivity (Wildman–Crippen MR) is 95.7 cm³/mol. The second-order valence-corrected chi connectivity index (χ2v) is 5.92. The van der Waals surface area contributed by atoms with Crippen LogP contribution in [0, 0.1) is 5.82 Å². The van der Waals surface area contributed by atoms with Crippen molar-refractivity contribution in [2.45, 2.75) is 0 Å². The molecule has 5 rings (SSSR count). The standard InChI is InChI=1S/C20H13FN4/c21-15-7-8-16-17(11-15)24-20(23-16)14-5-3-4-13(10-14)18-12-25-9-2-1-6-19(25)22-18/h1-12H,(H,23,24). The summed E-state index contributed by atoms with van der Waals surface area (Å²) in [7, 11) is 0. The molecule has 0 saturated carbocycles. The number of H-pyrrole nitrogens is 1. The van der Waals surface area contributed by atoms with Gasteiger partial charge in [0.25, 0.3) is 0 Å². The molecular weight excluding hydrogens is 315 g/mol. The lowest BCUT2D eigenvalue weighted by atomic mass is 10.1. The summed E-state index contributed by atoms with van der Waals surface area (Å²) in [5.74, 6) is 0.437. The van der Waals surface area contributed by atoms with Crippen LogP contribution >= 0.6 is 0 Å². The van der Waals surface area contributed by atoms with Crippen LogP contribution in [-0.4, -0.2) is 19.4 Å². The third kappa shape index (κ3) is 2.37. The summed E-state index contributed by atoms with van der Waals surface area (Å²) in [4.78, 5) is 12.4. The Hall–Kier alpha value is -3.47. The quantitative estimate of drug-likeness (QED) is 0.511. The van der Waals surface area contributed by atoms with Crippen molar-refractivity contribution in [2.24, 2.45) is 0 Å². The first-order chi connectivity index (χ1) is 12.3. The largest absolute Gasteiger partial charge is 0.338 e. The maximum atomic E-state index is 13.4. The fourth-order valence-electron chi connectivity index (χ4n) is 3.02. The van der Waals surface area contributed by atoms with E-state index >= 15 is 0 Å². The minimum absolute atomic E-state index is 0.277. The van der Waals surface area contributed by atoms with Crippen molar-refractivity contribution >= 4 is 16.7 Å². The molecule has 0 unspecified atom stereocenters. The molecule has 0 aliphatic carbocycles. The zero-order chi connectivity index (χ0) is 16.8. The first-order valence-corrected chi connectivity index (χ1v) is 7.96. The second kappa shape index (κ2) is 5.27. The molecular formula is C20H13FN4. The molecule has 0 bridgehead atoms. The van der Waals surface area contributed by atoms with Gasteiger partial charge in [-0.05, 0) is 36.4 Å². The number of aromatic nitrogens is 4. The Labute approximate surface area is 142 Å². The monoisotopic (exact) mass is 328 g/mol. The minimum atomic E-state index is -0.277. The van der Waals surface area contributed by atoms with Gasteiger partial charge in [0.15, 0.2) is 0 Å². The van der Waals surface area contributed by atoms with Crippen LogP contribution in [-0.2, 0) is 0 Å². The van der Waals surface area contributed by atoms with Crippen LogP contribution in [0.2, 0.25) is 0 Å². The summed E-state index contributed by atoms with van der Waals surface area (Å²) in [6.07, 6.45) is 3.98. The SMILES string of the molecule is Fc1ccc2nc(-c3cccc(-c4cn5ccccc5n4)c3)[nH]c2c1. The summed E-state index contributed by atoms with van der Waals surface area (Å²) in [5.41, 5.74) is 5.18. The fourth-order valence-corrected chi connectivity index (χ4v) is 3.02. The molecule has 0 atom stereocenters. The van der Waals surface area contributed by atoms with Crippen LogP contribution in [0.15, 0.2) is 73.1 Å². The highest BCUT2D eigenvalue weighted by molar-refractivity contribution is 5.80. The lowest BCUT2D eigenvalue weighted by Crippen LogP contribution is -1.83. The van der Waals surface area contributed by atoms with E-state index in [-0.39, 0.29) is 5.82 Å². The number of aromatic amines is 1. The number of hydrogen-bond donors (Lipinski definition) is 1. The molecule has 0 spiro atoms. The zero-order valence-electron chi connectivity index (χ0n) is 13.1. The van der Waals surface area contributed by atoms with E-state index in [1.807, 2.05) is 59.3 Å². The molecule has 0 saturated heterocycles. The van der Waals surface area contributed by atoms with Crippen LogP contribution in [0.4, 0.5) is 4.39 Å². The fraction of sp³-hybridized carbons (Fsp3) is 0. The topological polar surface area (TPSA) is 46.0 Å². The van der Waals surface area contributed by atoms with Gasteiger partial charge in [0, 0.05) is 23.5 Å². The van der Waals surface area contributed by atoms with E-state index in [4.69, 9.17) is 0 Å². The van der Waals surface area contributed by atoms with E-state index in [2.05, 4.69) is 15.0 Å². The van der Waals surface area contributed by atoms with E-state index in [1.54, 1.807) is 6.07 Å². The van der Waals surface area contributed by atoms with Gasteiger partial charge in [-0.25, -0.2) is 14.4 Å². The molecule has 0 aliphatic rings. The van der Waals surface area contributed by atoms with Crippen LogP contribution in [0.3, 0.4) is 0 Å². The molecule has 0 aliphatic heterocycles. The number of fused-ring (bicyclic) bond motifs is 2. The Morgan fingerprint density at radius 1 is 0.880 bits per heavy atom. The van der Waals surface area contributed by atoms with Crippen molar-refractivity contribution in [3.05, 3.63) is 78.9 Å². The van der Waals surface area contributed by atoms with Crippen LogP contribution in [0.5, 0.6) is 0 Å². The molecule has 0 fully saturated rings. The summed E-state index contributed by atoms with van der Waals surface area (Å²) in [5, 5.41) is 0. The van der Waals surface area contributed by atoms with E-state index in [9.17, 15) is 4.39 Å². The van der Waals surface area contributed by atoms with Crippen molar-refractivity contribution in [1.29, 1.82) is 0 Å². The lowest BCUT2D eigenvalue weighted by Gasteiger charge is -2.00. The van der Waals surface area contributed by atoms with Gasteiger partial charge in [0.2, 0.25) is 0 Å². The summed E-state index contributed by atoms with van der Waals surface area (Å²) in [6.45, 7) is 0. The molecule has 4 nitrogen and oxygen atoms in total. The number of rotatable bonds is 2. The number of imidazole rings is 2. The number of halogens is 1. The number of hydrogen-bond acceptors (Lipinski definition) is 2. The Morgan fingerprint density at radius 2 is 1.80 bits per heavy atom. The van der Waals surface area contributed by atoms with Crippen molar-refractivity contribution in [1.82, 2.24) is 19.4 Å². The first kappa shape index (κ1) is 13.9. The Bertz CT molecular complexity index is 1190. The normalized spacial score (nSPS) is 11.4. The lowest BCUT2D eigenvalue weighted by molar-refractivity contribution is 0.629. The maximum Gasteiger partial charge on any atom is 0.138 e. The molecule has 5 heteroatoms. The number of benzene rings is 2. The Kier molecular flexibility index (Phi) is 2.94. The maximum absolute atomic E-state index is 13.4. The van der Waals surface area contributed by atoms with Gasteiger partial charge < -0.3 is 9.38 Å². The molecule has 3 aromatic heterocycles. The highest BCUT2D eigenvalue weighted by atomic mass is 19.1. The number of nitrogens with one attached hydrogen (secondary N) is 1. The molecule has 5 aromatic rings. The highest BCUT2D eigenvalue weighted by Gasteiger charge is 2.09. The van der Waals surface area contributed by atoms with Gasteiger partial charge in [-0.3, -0.25) is 0 Å². The average Bonchev–Trinajstić information content (AvgIpc) is 3.25. The van der Waals surface area contributed by atoms with Gasteiger partial charge in [0.05, 0.1) is 16.7 Å². The third-order valence-electron chi connectivity index (χ3n) is 4.24. The molecule has 0 radical (unpaired) electrons. The molecule has 120 valence electrons. The van der Waals surface area contributed by atoms with Crippen LogP contribution < -0.4 is 0 Å². The number of nitrogens with zero attached hydrogens (tertiary/aromatic N) is 3.